The highest BCUT2D eigenvalue weighted by atomic mass is 19.1. The molecule has 0 saturated carbocycles. The third kappa shape index (κ3) is 4.07. The topological polar surface area (TPSA) is 58.4 Å². The Labute approximate surface area is 147 Å². The molecule has 2 heterocycles. The molecule has 2 aromatic rings. The number of hydrogen-bond donors (Lipinski definition) is 1. The van der Waals surface area contributed by atoms with E-state index < -0.39 is 5.60 Å². The Kier molecular flexibility index (Phi) is 4.90. The molecule has 1 aliphatic rings. The van der Waals surface area contributed by atoms with Crippen molar-refractivity contribution in [2.75, 3.05) is 13.1 Å². The highest BCUT2D eigenvalue weighted by Gasteiger charge is 2.34. The van der Waals surface area contributed by atoms with Gasteiger partial charge in [-0.2, -0.15) is 5.10 Å². The number of aliphatic hydroxyl groups is 1. The fourth-order valence-corrected chi connectivity index (χ4v) is 3.24. The average Bonchev–Trinajstić information content (AvgIpc) is 3.05. The molecule has 0 aliphatic carbocycles. The van der Waals surface area contributed by atoms with Gasteiger partial charge in [-0.05, 0) is 44.4 Å². The summed E-state index contributed by atoms with van der Waals surface area (Å²) in [5.74, 6) is -0.351. The average molecular weight is 345 g/mol. The molecule has 134 valence electrons. The molecule has 5 nitrogen and oxygen atoms in total. The molecule has 0 unspecified atom stereocenters. The number of likely N-dealkylation sites (tertiary alicyclic amines) is 1. The van der Waals surface area contributed by atoms with Crippen molar-refractivity contribution in [2.24, 2.45) is 0 Å². The molecule has 0 bridgehead atoms. The highest BCUT2D eigenvalue weighted by Crippen LogP contribution is 2.27. The number of nitrogens with zero attached hydrogens (tertiary/aromatic N) is 3. The van der Waals surface area contributed by atoms with Crippen LogP contribution in [0.3, 0.4) is 0 Å². The first-order chi connectivity index (χ1) is 11.9. The molecule has 1 aromatic carbocycles. The second-order valence-corrected chi connectivity index (χ2v) is 7.13. The van der Waals surface area contributed by atoms with Crippen molar-refractivity contribution in [3.63, 3.8) is 0 Å². The van der Waals surface area contributed by atoms with Gasteiger partial charge in [0, 0.05) is 31.7 Å². The summed E-state index contributed by atoms with van der Waals surface area (Å²) >= 11 is 0. The van der Waals surface area contributed by atoms with E-state index in [2.05, 4.69) is 5.10 Å². The summed E-state index contributed by atoms with van der Waals surface area (Å²) in [7, 11) is 0. The normalized spacial score (nSPS) is 17.1. The third-order valence-electron chi connectivity index (χ3n) is 4.78. The molecular formula is C19H24FN3O2. The first-order valence-electron chi connectivity index (χ1n) is 8.67. The Morgan fingerprint density at radius 2 is 2.08 bits per heavy atom. The Hall–Kier alpha value is -2.21. The molecule has 0 spiro atoms. The minimum Gasteiger partial charge on any atom is -0.389 e. The standard InChI is InChI=1S/C19H24FN3O2/c1-14(2)23-13-16(12-21-23)18(24)22-8-6-19(25,7-9-22)11-15-4-3-5-17(20)10-15/h3-5,10,12-14,25H,6-9,11H2,1-2H3. The van der Waals surface area contributed by atoms with Crippen molar-refractivity contribution < 1.29 is 14.3 Å². The monoisotopic (exact) mass is 345 g/mol. The van der Waals surface area contributed by atoms with E-state index in [1.54, 1.807) is 28.0 Å². The van der Waals surface area contributed by atoms with Crippen molar-refractivity contribution in [2.45, 2.75) is 44.8 Å². The van der Waals surface area contributed by atoms with Crippen LogP contribution in [0.4, 0.5) is 4.39 Å². The van der Waals surface area contributed by atoms with Crippen LogP contribution in [0.2, 0.25) is 0 Å². The largest absolute Gasteiger partial charge is 0.389 e. The first-order valence-corrected chi connectivity index (χ1v) is 8.67. The second-order valence-electron chi connectivity index (χ2n) is 7.13. The van der Waals surface area contributed by atoms with E-state index in [0.29, 0.717) is 37.9 Å². The summed E-state index contributed by atoms with van der Waals surface area (Å²) in [5, 5.41) is 15.0. The number of amides is 1. The Morgan fingerprint density at radius 3 is 2.68 bits per heavy atom. The van der Waals surface area contributed by atoms with Gasteiger partial charge in [-0.15, -0.1) is 0 Å². The van der Waals surface area contributed by atoms with Crippen LogP contribution in [0.25, 0.3) is 0 Å². The van der Waals surface area contributed by atoms with E-state index in [4.69, 9.17) is 0 Å². The summed E-state index contributed by atoms with van der Waals surface area (Å²) < 4.78 is 15.1. The second kappa shape index (κ2) is 6.96. The van der Waals surface area contributed by atoms with Crippen molar-refractivity contribution in [3.05, 3.63) is 53.6 Å². The number of carbonyl (C=O) groups is 1. The lowest BCUT2D eigenvalue weighted by Gasteiger charge is -2.38. The molecule has 3 rings (SSSR count). The minimum absolute atomic E-state index is 0.0558. The molecule has 1 aliphatic heterocycles. The summed E-state index contributed by atoms with van der Waals surface area (Å²) in [6.07, 6.45) is 4.72. The lowest BCUT2D eigenvalue weighted by molar-refractivity contribution is -0.0162. The van der Waals surface area contributed by atoms with Crippen LogP contribution < -0.4 is 0 Å². The zero-order valence-electron chi connectivity index (χ0n) is 14.7. The minimum atomic E-state index is -0.896. The fourth-order valence-electron chi connectivity index (χ4n) is 3.24. The van der Waals surface area contributed by atoms with Crippen molar-refractivity contribution in [1.29, 1.82) is 0 Å². The maximum absolute atomic E-state index is 13.3. The lowest BCUT2D eigenvalue weighted by atomic mass is 9.85. The highest BCUT2D eigenvalue weighted by molar-refractivity contribution is 5.93. The SMILES string of the molecule is CC(C)n1cc(C(=O)N2CCC(O)(Cc3cccc(F)c3)CC2)cn1. The van der Waals surface area contributed by atoms with Crippen LogP contribution in [-0.4, -0.2) is 44.4 Å². The number of carbonyl (C=O) groups excluding carboxylic acids is 1. The number of rotatable bonds is 4. The number of hydrogen-bond acceptors (Lipinski definition) is 3. The molecule has 1 saturated heterocycles. The Bertz CT molecular complexity index is 749. The van der Waals surface area contributed by atoms with Crippen molar-refractivity contribution in [1.82, 2.24) is 14.7 Å². The Morgan fingerprint density at radius 1 is 1.36 bits per heavy atom. The zero-order chi connectivity index (χ0) is 18.0. The number of benzene rings is 1. The smallest absolute Gasteiger partial charge is 0.257 e. The first kappa shape index (κ1) is 17.6. The summed E-state index contributed by atoms with van der Waals surface area (Å²) in [5.41, 5.74) is 0.455. The maximum Gasteiger partial charge on any atom is 0.257 e. The van der Waals surface area contributed by atoms with Crippen LogP contribution in [0.5, 0.6) is 0 Å². The van der Waals surface area contributed by atoms with Crippen molar-refractivity contribution in [3.8, 4) is 0 Å². The quantitative estimate of drug-likeness (QED) is 0.927. The number of piperidine rings is 1. The van der Waals surface area contributed by atoms with Gasteiger partial charge in [0.15, 0.2) is 0 Å². The van der Waals surface area contributed by atoms with Gasteiger partial charge in [0.2, 0.25) is 0 Å². The van der Waals surface area contributed by atoms with Gasteiger partial charge >= 0.3 is 0 Å². The molecule has 25 heavy (non-hydrogen) atoms. The summed E-state index contributed by atoms with van der Waals surface area (Å²) in [6.45, 7) is 4.98. The van der Waals surface area contributed by atoms with Gasteiger partial charge < -0.3 is 10.0 Å². The molecule has 0 radical (unpaired) electrons. The van der Waals surface area contributed by atoms with Crippen LogP contribution in [0.1, 0.15) is 48.7 Å². The van der Waals surface area contributed by atoms with E-state index in [9.17, 15) is 14.3 Å². The van der Waals surface area contributed by atoms with Gasteiger partial charge in [-0.25, -0.2) is 4.39 Å². The molecule has 1 aromatic heterocycles. The van der Waals surface area contributed by atoms with E-state index in [0.717, 1.165) is 5.56 Å². The van der Waals surface area contributed by atoms with E-state index in [-0.39, 0.29) is 17.8 Å². The Balaban J connectivity index is 1.61. The predicted octanol–water partition coefficient (Wildman–Crippen LogP) is 2.81. The van der Waals surface area contributed by atoms with Gasteiger partial charge in [0.1, 0.15) is 5.82 Å². The third-order valence-corrected chi connectivity index (χ3v) is 4.78. The summed E-state index contributed by atoms with van der Waals surface area (Å²) in [4.78, 5) is 14.3. The van der Waals surface area contributed by atoms with Gasteiger partial charge in [0.05, 0.1) is 17.4 Å². The summed E-state index contributed by atoms with van der Waals surface area (Å²) in [6, 6.07) is 6.53. The molecule has 0 atom stereocenters. The van der Waals surface area contributed by atoms with E-state index in [1.807, 2.05) is 19.9 Å². The molecular weight excluding hydrogens is 321 g/mol. The van der Waals surface area contributed by atoms with Gasteiger partial charge in [-0.1, -0.05) is 12.1 Å². The lowest BCUT2D eigenvalue weighted by Crippen LogP contribution is -2.47. The number of aromatic nitrogens is 2. The van der Waals surface area contributed by atoms with E-state index >= 15 is 0 Å². The van der Waals surface area contributed by atoms with Gasteiger partial charge in [0.25, 0.3) is 5.91 Å². The van der Waals surface area contributed by atoms with Crippen LogP contribution >= 0.6 is 0 Å². The zero-order valence-corrected chi connectivity index (χ0v) is 14.7. The van der Waals surface area contributed by atoms with Crippen LogP contribution in [0.15, 0.2) is 36.7 Å². The van der Waals surface area contributed by atoms with Crippen molar-refractivity contribution >= 4 is 5.91 Å². The van der Waals surface area contributed by atoms with Crippen LogP contribution in [-0.2, 0) is 6.42 Å². The molecule has 1 N–H and O–H groups in total. The fraction of sp³-hybridized carbons (Fsp3) is 0.474. The van der Waals surface area contributed by atoms with Gasteiger partial charge in [-0.3, -0.25) is 9.48 Å². The van der Waals surface area contributed by atoms with E-state index in [1.165, 1.54) is 12.1 Å². The molecule has 1 fully saturated rings. The predicted molar refractivity (Wildman–Crippen MR) is 92.8 cm³/mol. The van der Waals surface area contributed by atoms with Crippen LogP contribution in [0, 0.1) is 5.82 Å². The maximum atomic E-state index is 13.3. The molecule has 1 amide bonds. The number of halogens is 1. The molecule has 6 heteroatoms.